The molecule has 0 bridgehead atoms. The fourth-order valence-corrected chi connectivity index (χ4v) is 3.69. The molecular weight excluding hydrogens is 352 g/mol. The van der Waals surface area contributed by atoms with Crippen LogP contribution in [-0.4, -0.2) is 8.42 Å². The first-order valence-electron chi connectivity index (χ1n) is 6.43. The molecule has 0 aliphatic rings. The van der Waals surface area contributed by atoms with Crippen LogP contribution in [0.2, 0.25) is 0 Å². The molecule has 2 aromatic carbocycles. The van der Waals surface area contributed by atoms with Gasteiger partial charge in [-0.2, -0.15) is 0 Å². The summed E-state index contributed by atoms with van der Waals surface area (Å²) >= 11 is 3.36. The first-order chi connectivity index (χ1) is 9.78. The number of hydrogen-bond donors (Lipinski definition) is 2. The van der Waals surface area contributed by atoms with Crippen molar-refractivity contribution in [1.29, 1.82) is 0 Å². The van der Waals surface area contributed by atoms with Crippen LogP contribution in [0.25, 0.3) is 0 Å². The van der Waals surface area contributed by atoms with E-state index in [1.54, 1.807) is 19.1 Å². The third kappa shape index (κ3) is 4.06. The summed E-state index contributed by atoms with van der Waals surface area (Å²) in [7, 11) is -3.60. The molecule has 112 valence electrons. The van der Waals surface area contributed by atoms with Gasteiger partial charge in [-0.1, -0.05) is 28.1 Å². The topological polar surface area (TPSA) is 72.2 Å². The Morgan fingerprint density at radius 2 is 1.76 bits per heavy atom. The van der Waals surface area contributed by atoms with Crippen molar-refractivity contribution in [3.05, 3.63) is 58.1 Å². The Morgan fingerprint density at radius 1 is 1.14 bits per heavy atom. The molecule has 0 radical (unpaired) electrons. The van der Waals surface area contributed by atoms with Crippen LogP contribution in [0.15, 0.2) is 51.8 Å². The van der Waals surface area contributed by atoms with Crippen LogP contribution in [0.5, 0.6) is 0 Å². The van der Waals surface area contributed by atoms with Gasteiger partial charge in [0.1, 0.15) is 0 Å². The average molecular weight is 369 g/mol. The van der Waals surface area contributed by atoms with Crippen molar-refractivity contribution in [3.63, 3.8) is 0 Å². The predicted octanol–water partition coefficient (Wildman–Crippen LogP) is 3.38. The van der Waals surface area contributed by atoms with Gasteiger partial charge >= 0.3 is 0 Å². The molecule has 1 unspecified atom stereocenters. The van der Waals surface area contributed by atoms with Crippen molar-refractivity contribution < 1.29 is 8.42 Å². The summed E-state index contributed by atoms with van der Waals surface area (Å²) in [5.41, 5.74) is 7.86. The first kappa shape index (κ1) is 16.0. The van der Waals surface area contributed by atoms with E-state index in [0.717, 1.165) is 15.6 Å². The van der Waals surface area contributed by atoms with E-state index in [2.05, 4.69) is 20.7 Å². The SMILES string of the molecule is Cc1cc(N)cc(S(=O)(=O)NC(C)c2ccc(Br)cc2)c1. The number of aryl methyl sites for hydroxylation is 1. The monoisotopic (exact) mass is 368 g/mol. The van der Waals surface area contributed by atoms with Crippen LogP contribution in [0.4, 0.5) is 5.69 Å². The lowest BCUT2D eigenvalue weighted by molar-refractivity contribution is 0.567. The summed E-state index contributed by atoms with van der Waals surface area (Å²) in [6, 6.07) is 12.0. The molecule has 0 fully saturated rings. The minimum atomic E-state index is -3.60. The molecule has 0 aliphatic heterocycles. The van der Waals surface area contributed by atoms with Gasteiger partial charge in [-0.25, -0.2) is 13.1 Å². The van der Waals surface area contributed by atoms with E-state index in [9.17, 15) is 8.42 Å². The second-order valence-electron chi connectivity index (χ2n) is 4.97. The molecule has 3 N–H and O–H groups in total. The summed E-state index contributed by atoms with van der Waals surface area (Å²) in [4.78, 5) is 0.184. The van der Waals surface area contributed by atoms with Crippen LogP contribution >= 0.6 is 15.9 Å². The van der Waals surface area contributed by atoms with Crippen LogP contribution < -0.4 is 10.5 Å². The minimum Gasteiger partial charge on any atom is -0.399 e. The van der Waals surface area contributed by atoms with Gasteiger partial charge in [0.25, 0.3) is 0 Å². The van der Waals surface area contributed by atoms with Crippen LogP contribution in [0, 0.1) is 6.92 Å². The summed E-state index contributed by atoms with van der Waals surface area (Å²) in [6.45, 7) is 3.62. The molecule has 0 saturated heterocycles. The Bertz CT molecular complexity index is 723. The lowest BCUT2D eigenvalue weighted by Gasteiger charge is -2.15. The van der Waals surface area contributed by atoms with Crippen molar-refractivity contribution in [2.24, 2.45) is 0 Å². The number of nitrogens with two attached hydrogens (primary N) is 1. The molecule has 1 atom stereocenters. The summed E-state index contributed by atoms with van der Waals surface area (Å²) < 4.78 is 28.4. The van der Waals surface area contributed by atoms with E-state index >= 15 is 0 Å². The van der Waals surface area contributed by atoms with Gasteiger partial charge in [0, 0.05) is 16.2 Å². The molecule has 2 rings (SSSR count). The molecule has 0 saturated carbocycles. The number of sulfonamides is 1. The van der Waals surface area contributed by atoms with Crippen LogP contribution in [0.1, 0.15) is 24.1 Å². The number of halogens is 1. The fraction of sp³-hybridized carbons (Fsp3) is 0.200. The zero-order chi connectivity index (χ0) is 15.6. The van der Waals surface area contributed by atoms with E-state index in [4.69, 9.17) is 5.73 Å². The highest BCUT2D eigenvalue weighted by atomic mass is 79.9. The molecule has 21 heavy (non-hydrogen) atoms. The van der Waals surface area contributed by atoms with E-state index in [0.29, 0.717) is 5.69 Å². The number of benzene rings is 2. The standard InChI is InChI=1S/C15H17BrN2O2S/c1-10-7-14(17)9-15(8-10)21(19,20)18-11(2)12-3-5-13(16)6-4-12/h3-9,11,18H,17H2,1-2H3. The highest BCUT2D eigenvalue weighted by Gasteiger charge is 2.19. The second kappa shape index (κ2) is 6.17. The average Bonchev–Trinajstić information content (AvgIpc) is 2.37. The summed E-state index contributed by atoms with van der Waals surface area (Å²) in [6.07, 6.45) is 0. The largest absolute Gasteiger partial charge is 0.399 e. The van der Waals surface area contributed by atoms with Crippen LogP contribution in [-0.2, 0) is 10.0 Å². The maximum absolute atomic E-state index is 12.4. The number of anilines is 1. The van der Waals surface area contributed by atoms with Crippen molar-refractivity contribution in [3.8, 4) is 0 Å². The molecular formula is C15H17BrN2O2S. The molecule has 4 nitrogen and oxygen atoms in total. The highest BCUT2D eigenvalue weighted by molar-refractivity contribution is 9.10. The molecule has 6 heteroatoms. The normalized spacial score (nSPS) is 13.1. The second-order valence-corrected chi connectivity index (χ2v) is 7.60. The lowest BCUT2D eigenvalue weighted by Crippen LogP contribution is -2.27. The maximum Gasteiger partial charge on any atom is 0.241 e. The Balaban J connectivity index is 2.26. The van der Waals surface area contributed by atoms with Gasteiger partial charge < -0.3 is 5.73 Å². The first-order valence-corrected chi connectivity index (χ1v) is 8.70. The molecule has 0 heterocycles. The number of nitrogens with one attached hydrogen (secondary N) is 1. The molecule has 0 spiro atoms. The van der Waals surface area contributed by atoms with E-state index < -0.39 is 10.0 Å². The van der Waals surface area contributed by atoms with E-state index in [1.165, 1.54) is 6.07 Å². The number of hydrogen-bond acceptors (Lipinski definition) is 3. The highest BCUT2D eigenvalue weighted by Crippen LogP contribution is 2.21. The fourth-order valence-electron chi connectivity index (χ4n) is 2.05. The zero-order valence-corrected chi connectivity index (χ0v) is 14.2. The zero-order valence-electron chi connectivity index (χ0n) is 11.8. The van der Waals surface area contributed by atoms with Crippen molar-refractivity contribution in [1.82, 2.24) is 4.72 Å². The Hall–Kier alpha value is -1.37. The quantitative estimate of drug-likeness (QED) is 0.812. The Kier molecular flexibility index (Phi) is 4.70. The lowest BCUT2D eigenvalue weighted by atomic mass is 10.1. The third-order valence-corrected chi connectivity index (χ3v) is 5.13. The van der Waals surface area contributed by atoms with E-state index in [1.807, 2.05) is 31.2 Å². The maximum atomic E-state index is 12.4. The van der Waals surface area contributed by atoms with Crippen molar-refractivity contribution in [2.75, 3.05) is 5.73 Å². The number of rotatable bonds is 4. The molecule has 2 aromatic rings. The van der Waals surface area contributed by atoms with Crippen molar-refractivity contribution >= 4 is 31.6 Å². The summed E-state index contributed by atoms with van der Waals surface area (Å²) in [5.74, 6) is 0. The predicted molar refractivity (Wildman–Crippen MR) is 88.5 cm³/mol. The van der Waals surface area contributed by atoms with Gasteiger partial charge in [0.05, 0.1) is 4.90 Å². The van der Waals surface area contributed by atoms with Gasteiger partial charge in [0.15, 0.2) is 0 Å². The minimum absolute atomic E-state index is 0.184. The van der Waals surface area contributed by atoms with Gasteiger partial charge in [-0.3, -0.25) is 0 Å². The third-order valence-electron chi connectivity index (χ3n) is 3.09. The Morgan fingerprint density at radius 3 is 2.33 bits per heavy atom. The van der Waals surface area contributed by atoms with Gasteiger partial charge in [-0.15, -0.1) is 0 Å². The molecule has 0 amide bonds. The molecule has 0 aromatic heterocycles. The van der Waals surface area contributed by atoms with Crippen LogP contribution in [0.3, 0.4) is 0 Å². The van der Waals surface area contributed by atoms with Gasteiger partial charge in [0.2, 0.25) is 10.0 Å². The Labute approximate surface area is 133 Å². The number of nitrogen functional groups attached to an aromatic ring is 1. The van der Waals surface area contributed by atoms with Gasteiger partial charge in [-0.05, 0) is 55.3 Å². The summed E-state index contributed by atoms with van der Waals surface area (Å²) in [5, 5.41) is 0. The molecule has 0 aliphatic carbocycles. The smallest absolute Gasteiger partial charge is 0.241 e. The van der Waals surface area contributed by atoms with E-state index in [-0.39, 0.29) is 10.9 Å². The van der Waals surface area contributed by atoms with Crippen molar-refractivity contribution in [2.45, 2.75) is 24.8 Å².